The van der Waals surface area contributed by atoms with Crippen molar-refractivity contribution in [1.82, 2.24) is 14.8 Å². The predicted molar refractivity (Wildman–Crippen MR) is 97.0 cm³/mol. The zero-order valence-electron chi connectivity index (χ0n) is 14.9. The lowest BCUT2D eigenvalue weighted by Crippen LogP contribution is -2.35. The van der Waals surface area contributed by atoms with Gasteiger partial charge in [-0.05, 0) is 54.3 Å². The minimum absolute atomic E-state index is 0.215. The first-order chi connectivity index (χ1) is 13.4. The maximum absolute atomic E-state index is 13.0. The average molecular weight is 386 g/mol. The Morgan fingerprint density at radius 1 is 1.11 bits per heavy atom. The number of fused-ring (bicyclic) bond motifs is 1. The largest absolute Gasteiger partial charge is 0.416 e. The fourth-order valence-corrected chi connectivity index (χ4v) is 3.39. The normalized spacial score (nSPS) is 14.0. The quantitative estimate of drug-likeness (QED) is 0.685. The van der Waals surface area contributed by atoms with Gasteiger partial charge in [0.1, 0.15) is 12.7 Å². The summed E-state index contributed by atoms with van der Waals surface area (Å²) in [6, 6.07) is 10.7. The molecule has 1 aliphatic rings. The number of halogens is 3. The van der Waals surface area contributed by atoms with Gasteiger partial charge in [0.15, 0.2) is 0 Å². The van der Waals surface area contributed by atoms with Crippen molar-refractivity contribution in [1.29, 1.82) is 0 Å². The molecule has 0 saturated carbocycles. The molecule has 144 valence electrons. The van der Waals surface area contributed by atoms with Crippen LogP contribution in [0.25, 0.3) is 0 Å². The molecule has 0 saturated heterocycles. The molecule has 3 aromatic rings. The number of carbonyl (C=O) groups excluding carboxylic acids is 1. The van der Waals surface area contributed by atoms with Crippen molar-refractivity contribution >= 4 is 11.6 Å². The topological polar surface area (TPSA) is 51.0 Å². The second kappa shape index (κ2) is 7.10. The molecule has 5 nitrogen and oxygen atoms in total. The van der Waals surface area contributed by atoms with Gasteiger partial charge < -0.3 is 4.90 Å². The molecule has 0 atom stereocenters. The van der Waals surface area contributed by atoms with Gasteiger partial charge in [-0.1, -0.05) is 12.1 Å². The fraction of sp³-hybridized carbons (Fsp3) is 0.250. The van der Waals surface area contributed by atoms with Gasteiger partial charge in [0.05, 0.1) is 12.1 Å². The van der Waals surface area contributed by atoms with Crippen molar-refractivity contribution in [3.05, 3.63) is 77.4 Å². The molecule has 0 spiro atoms. The number of nitrogens with zero attached hydrogens (tertiary/aromatic N) is 4. The summed E-state index contributed by atoms with van der Waals surface area (Å²) in [5.41, 5.74) is 1.89. The van der Waals surface area contributed by atoms with E-state index >= 15 is 0 Å². The number of aromatic nitrogens is 3. The van der Waals surface area contributed by atoms with Crippen LogP contribution in [0.3, 0.4) is 0 Å². The second-order valence-corrected chi connectivity index (χ2v) is 6.69. The van der Waals surface area contributed by atoms with Gasteiger partial charge >= 0.3 is 6.18 Å². The molecule has 0 radical (unpaired) electrons. The zero-order chi connectivity index (χ0) is 19.7. The number of amides is 1. The van der Waals surface area contributed by atoms with Gasteiger partial charge in [0, 0.05) is 17.8 Å². The van der Waals surface area contributed by atoms with Gasteiger partial charge in [-0.25, -0.2) is 9.67 Å². The van der Waals surface area contributed by atoms with E-state index in [0.29, 0.717) is 42.7 Å². The maximum Gasteiger partial charge on any atom is 0.416 e. The zero-order valence-corrected chi connectivity index (χ0v) is 14.9. The molecule has 0 N–H and O–H groups in total. The molecule has 1 aromatic heterocycles. The SMILES string of the molecule is O=C(c1ccc(Cn2cncn2)cc1)N1CCCc2cc(C(F)(F)F)ccc21. The lowest BCUT2D eigenvalue weighted by atomic mass is 9.98. The Kier molecular flexibility index (Phi) is 4.62. The summed E-state index contributed by atoms with van der Waals surface area (Å²) in [7, 11) is 0. The van der Waals surface area contributed by atoms with Crippen LogP contribution >= 0.6 is 0 Å². The Balaban J connectivity index is 1.56. The molecule has 2 aromatic carbocycles. The monoisotopic (exact) mass is 386 g/mol. The number of anilines is 1. The number of carbonyl (C=O) groups is 1. The van der Waals surface area contributed by atoms with Crippen LogP contribution in [0.15, 0.2) is 55.1 Å². The van der Waals surface area contributed by atoms with Crippen molar-refractivity contribution in [2.45, 2.75) is 25.6 Å². The third-order valence-corrected chi connectivity index (χ3v) is 4.78. The molecule has 28 heavy (non-hydrogen) atoms. The molecule has 8 heteroatoms. The van der Waals surface area contributed by atoms with Crippen molar-refractivity contribution in [3.63, 3.8) is 0 Å². The molecule has 0 fully saturated rings. The number of alkyl halides is 3. The molecule has 0 bridgehead atoms. The third kappa shape index (κ3) is 3.62. The highest BCUT2D eigenvalue weighted by molar-refractivity contribution is 6.06. The Morgan fingerprint density at radius 3 is 2.57 bits per heavy atom. The van der Waals surface area contributed by atoms with Crippen LogP contribution in [-0.2, 0) is 19.1 Å². The van der Waals surface area contributed by atoms with Crippen LogP contribution in [0, 0.1) is 0 Å². The van der Waals surface area contributed by atoms with E-state index < -0.39 is 11.7 Å². The summed E-state index contributed by atoms with van der Waals surface area (Å²) in [5.74, 6) is -0.215. The molecule has 4 rings (SSSR count). The van der Waals surface area contributed by atoms with E-state index in [-0.39, 0.29) is 5.91 Å². The second-order valence-electron chi connectivity index (χ2n) is 6.69. The fourth-order valence-electron chi connectivity index (χ4n) is 3.39. The Hall–Kier alpha value is -3.16. The molecule has 1 amide bonds. The number of benzene rings is 2. The van der Waals surface area contributed by atoms with Crippen LogP contribution in [0.4, 0.5) is 18.9 Å². The predicted octanol–water partition coefficient (Wildman–Crippen LogP) is 3.94. The lowest BCUT2D eigenvalue weighted by Gasteiger charge is -2.30. The first kappa shape index (κ1) is 18.2. The minimum atomic E-state index is -4.39. The Labute approximate surface area is 159 Å². The lowest BCUT2D eigenvalue weighted by molar-refractivity contribution is -0.137. The number of hydrogen-bond donors (Lipinski definition) is 0. The number of rotatable bonds is 3. The highest BCUT2D eigenvalue weighted by atomic mass is 19.4. The van der Waals surface area contributed by atoms with E-state index in [2.05, 4.69) is 10.1 Å². The van der Waals surface area contributed by atoms with E-state index in [1.54, 1.807) is 28.0 Å². The smallest absolute Gasteiger partial charge is 0.308 e. The number of aryl methyl sites for hydroxylation is 1. The molecule has 0 unspecified atom stereocenters. The van der Waals surface area contributed by atoms with Gasteiger partial charge in [0.25, 0.3) is 5.91 Å². The molecular weight excluding hydrogens is 369 g/mol. The van der Waals surface area contributed by atoms with E-state index in [0.717, 1.165) is 17.7 Å². The first-order valence-electron chi connectivity index (χ1n) is 8.85. The van der Waals surface area contributed by atoms with Gasteiger partial charge in [-0.15, -0.1) is 0 Å². The number of hydrogen-bond acceptors (Lipinski definition) is 3. The third-order valence-electron chi connectivity index (χ3n) is 4.78. The average Bonchev–Trinajstić information content (AvgIpc) is 3.19. The van der Waals surface area contributed by atoms with Crippen LogP contribution in [-0.4, -0.2) is 27.2 Å². The van der Waals surface area contributed by atoms with Crippen LogP contribution in [0.5, 0.6) is 0 Å². The van der Waals surface area contributed by atoms with E-state index in [4.69, 9.17) is 0 Å². The van der Waals surface area contributed by atoms with Crippen molar-refractivity contribution in [3.8, 4) is 0 Å². The van der Waals surface area contributed by atoms with Crippen LogP contribution in [0.1, 0.15) is 33.5 Å². The summed E-state index contributed by atoms with van der Waals surface area (Å²) in [6.45, 7) is 1.03. The van der Waals surface area contributed by atoms with Crippen LogP contribution in [0.2, 0.25) is 0 Å². The van der Waals surface area contributed by atoms with Crippen LogP contribution < -0.4 is 4.90 Å². The summed E-state index contributed by atoms with van der Waals surface area (Å²) >= 11 is 0. The summed E-state index contributed by atoms with van der Waals surface area (Å²) in [5, 5.41) is 4.04. The molecular formula is C20H17F3N4O. The van der Waals surface area contributed by atoms with Crippen molar-refractivity contribution < 1.29 is 18.0 Å². The maximum atomic E-state index is 13.0. The van der Waals surface area contributed by atoms with Crippen molar-refractivity contribution in [2.24, 2.45) is 0 Å². The Bertz CT molecular complexity index is 982. The van der Waals surface area contributed by atoms with Crippen molar-refractivity contribution in [2.75, 3.05) is 11.4 Å². The van der Waals surface area contributed by atoms with E-state index in [1.807, 2.05) is 12.1 Å². The standard InChI is InChI=1S/C20H17F3N4O/c21-20(22,23)17-7-8-18-16(10-17)2-1-9-27(18)19(28)15-5-3-14(4-6-15)11-26-13-24-12-25-26/h3-8,10,12-13H,1-2,9,11H2. The molecule has 1 aliphatic heterocycles. The highest BCUT2D eigenvalue weighted by Crippen LogP contribution is 2.35. The Morgan fingerprint density at radius 2 is 1.89 bits per heavy atom. The first-order valence-corrected chi connectivity index (χ1v) is 8.85. The minimum Gasteiger partial charge on any atom is -0.308 e. The molecule has 0 aliphatic carbocycles. The summed E-state index contributed by atoms with van der Waals surface area (Å²) in [6.07, 6.45) is -0.166. The van der Waals surface area contributed by atoms with Gasteiger partial charge in [-0.2, -0.15) is 18.3 Å². The van der Waals surface area contributed by atoms with Gasteiger partial charge in [0.2, 0.25) is 0 Å². The van der Waals surface area contributed by atoms with E-state index in [1.165, 1.54) is 12.4 Å². The highest BCUT2D eigenvalue weighted by Gasteiger charge is 2.32. The van der Waals surface area contributed by atoms with Gasteiger partial charge in [-0.3, -0.25) is 4.79 Å². The molecule has 2 heterocycles. The summed E-state index contributed by atoms with van der Waals surface area (Å²) in [4.78, 5) is 18.4. The van der Waals surface area contributed by atoms with E-state index in [9.17, 15) is 18.0 Å². The summed E-state index contributed by atoms with van der Waals surface area (Å²) < 4.78 is 40.6.